The van der Waals surface area contributed by atoms with E-state index in [2.05, 4.69) is 5.32 Å². The van der Waals surface area contributed by atoms with Gasteiger partial charge in [-0.3, -0.25) is 19.3 Å². The molecule has 0 radical (unpaired) electrons. The second kappa shape index (κ2) is 12.1. The molecule has 0 aromatic heterocycles. The van der Waals surface area contributed by atoms with Crippen LogP contribution in [0.3, 0.4) is 0 Å². The summed E-state index contributed by atoms with van der Waals surface area (Å²) in [5, 5.41) is 21.4. The zero-order valence-corrected chi connectivity index (χ0v) is 24.0. The summed E-state index contributed by atoms with van der Waals surface area (Å²) < 4.78 is 20.4. The highest BCUT2D eigenvalue weighted by Crippen LogP contribution is 2.35. The number of aliphatic hydroxyl groups excluding tert-OH is 1. The monoisotopic (exact) mass is 600 g/mol. The van der Waals surface area contributed by atoms with Crippen molar-refractivity contribution in [2.45, 2.75) is 54.7 Å². The van der Waals surface area contributed by atoms with Gasteiger partial charge in [-0.2, -0.15) is 5.26 Å². The van der Waals surface area contributed by atoms with Crippen molar-refractivity contribution in [3.05, 3.63) is 88.7 Å². The molecule has 0 aliphatic carbocycles. The van der Waals surface area contributed by atoms with Gasteiger partial charge in [0.1, 0.15) is 30.4 Å². The number of hydrogen-bond donors (Lipinski definition) is 2. The van der Waals surface area contributed by atoms with Gasteiger partial charge < -0.3 is 20.1 Å². The van der Waals surface area contributed by atoms with Crippen molar-refractivity contribution in [3.63, 3.8) is 0 Å². The molecule has 11 heteroatoms. The van der Waals surface area contributed by atoms with Crippen molar-refractivity contribution in [3.8, 4) is 11.8 Å². The first-order valence-corrected chi connectivity index (χ1v) is 15.0. The molecule has 43 heavy (non-hydrogen) atoms. The van der Waals surface area contributed by atoms with Crippen LogP contribution in [0.15, 0.2) is 65.6 Å². The van der Waals surface area contributed by atoms with Crippen LogP contribution in [0.2, 0.25) is 0 Å². The molecular formula is C32H29FN4O5S. The van der Waals surface area contributed by atoms with Gasteiger partial charge in [-0.05, 0) is 73.7 Å². The second-order valence-electron chi connectivity index (χ2n) is 10.8. The maximum Gasteiger partial charge on any atom is 0.266 e. The van der Waals surface area contributed by atoms with E-state index in [1.165, 1.54) is 6.07 Å². The van der Waals surface area contributed by atoms with Gasteiger partial charge in [-0.25, -0.2) is 4.39 Å². The molecule has 2 atom stereocenters. The van der Waals surface area contributed by atoms with Crippen LogP contribution < -0.4 is 15.0 Å². The first kappa shape index (κ1) is 28.7. The smallest absolute Gasteiger partial charge is 0.266 e. The quantitative estimate of drug-likeness (QED) is 0.387. The average molecular weight is 601 g/mol. The number of amides is 3. The van der Waals surface area contributed by atoms with Crippen LogP contribution in [-0.4, -0.2) is 58.3 Å². The average Bonchev–Trinajstić information content (AvgIpc) is 3.27. The lowest BCUT2D eigenvalue weighted by atomic mass is 10.0. The minimum absolute atomic E-state index is 0.144. The molecule has 220 valence electrons. The summed E-state index contributed by atoms with van der Waals surface area (Å²) in [6, 6.07) is 18.4. The number of anilines is 1. The lowest BCUT2D eigenvalue weighted by molar-refractivity contribution is -0.131. The number of ether oxygens (including phenoxy) is 1. The summed E-state index contributed by atoms with van der Waals surface area (Å²) in [7, 11) is 0. The number of rotatable bonds is 7. The number of imide groups is 1. The molecule has 2 saturated heterocycles. The van der Waals surface area contributed by atoms with Gasteiger partial charge in [0.05, 0.1) is 28.4 Å². The van der Waals surface area contributed by atoms with Crippen molar-refractivity contribution in [2.24, 2.45) is 0 Å². The number of nitrogens with zero attached hydrogens (tertiary/aromatic N) is 3. The maximum absolute atomic E-state index is 14.4. The fraction of sp³-hybridized carbons (Fsp3) is 0.312. The molecule has 3 aromatic rings. The fourth-order valence-corrected chi connectivity index (χ4v) is 6.89. The van der Waals surface area contributed by atoms with Crippen LogP contribution in [-0.2, 0) is 11.4 Å². The summed E-state index contributed by atoms with van der Waals surface area (Å²) in [4.78, 5) is 42.9. The maximum atomic E-state index is 14.4. The van der Waals surface area contributed by atoms with E-state index in [0.717, 1.165) is 41.3 Å². The Bertz CT molecular complexity index is 1620. The first-order valence-electron chi connectivity index (χ1n) is 14.1. The zero-order valence-electron chi connectivity index (χ0n) is 23.2. The number of thioether (sulfide) groups is 1. The largest absolute Gasteiger partial charge is 0.488 e. The lowest BCUT2D eigenvalue weighted by Crippen LogP contribution is -2.55. The molecule has 6 rings (SSSR count). The normalized spacial score (nSPS) is 20.5. The molecule has 2 fully saturated rings. The number of fused-ring (bicyclic) bond motifs is 1. The molecule has 0 saturated carbocycles. The molecule has 0 spiro atoms. The topological polar surface area (TPSA) is 123 Å². The summed E-state index contributed by atoms with van der Waals surface area (Å²) >= 11 is 1.79. The number of nitriles is 1. The van der Waals surface area contributed by atoms with E-state index >= 15 is 0 Å². The van der Waals surface area contributed by atoms with E-state index < -0.39 is 30.0 Å². The summed E-state index contributed by atoms with van der Waals surface area (Å²) in [5.41, 5.74) is 2.08. The van der Waals surface area contributed by atoms with E-state index in [-0.39, 0.29) is 42.1 Å². The van der Waals surface area contributed by atoms with Crippen LogP contribution in [0.5, 0.6) is 5.75 Å². The molecule has 3 aliphatic rings. The molecule has 3 aromatic carbocycles. The second-order valence-corrected chi connectivity index (χ2v) is 12.2. The summed E-state index contributed by atoms with van der Waals surface area (Å²) in [5.74, 6) is -1.77. The van der Waals surface area contributed by atoms with E-state index in [4.69, 9.17) is 10.00 Å². The predicted octanol–water partition coefficient (Wildman–Crippen LogP) is 4.23. The Kier molecular flexibility index (Phi) is 8.06. The molecule has 3 aliphatic heterocycles. The standard InChI is InChI=1S/C32H29FN4O5S/c33-24-16-20(17-34)6-9-25(24)36-14-12-22(13-15-36)43-21-7-4-19(5-8-21)18-42-27-3-1-2-23-29(27)32(41)37(31(23)40)26-10-11-28(38)35-30(26)39/h1-9,16,22,26,28,38H,10-15,18H2,(H,35,39). The third-order valence-electron chi connectivity index (χ3n) is 8.02. The molecule has 3 heterocycles. The van der Waals surface area contributed by atoms with Crippen LogP contribution in [0.25, 0.3) is 0 Å². The zero-order chi connectivity index (χ0) is 30.1. The third-order valence-corrected chi connectivity index (χ3v) is 9.37. The molecule has 9 nitrogen and oxygen atoms in total. The van der Waals surface area contributed by atoms with Gasteiger partial charge in [0, 0.05) is 23.2 Å². The van der Waals surface area contributed by atoms with Crippen molar-refractivity contribution >= 4 is 35.2 Å². The number of benzene rings is 3. The summed E-state index contributed by atoms with van der Waals surface area (Å²) in [6.45, 7) is 1.66. The van der Waals surface area contributed by atoms with Crippen LogP contribution in [0, 0.1) is 17.1 Å². The molecule has 0 bridgehead atoms. The van der Waals surface area contributed by atoms with Crippen molar-refractivity contribution < 1.29 is 28.6 Å². The van der Waals surface area contributed by atoms with E-state index in [9.17, 15) is 23.9 Å². The first-order chi connectivity index (χ1) is 20.8. The van der Waals surface area contributed by atoms with Gasteiger partial charge in [-0.1, -0.05) is 18.2 Å². The minimum Gasteiger partial charge on any atom is -0.488 e. The van der Waals surface area contributed by atoms with Gasteiger partial charge in [0.25, 0.3) is 11.8 Å². The SMILES string of the molecule is N#Cc1ccc(N2CCC(Sc3ccc(COc4cccc5c4C(=O)N(C4CCC(O)NC4=O)C5=O)cc3)CC2)c(F)c1. The number of carbonyl (C=O) groups is 3. The molecule has 3 amide bonds. The number of piperidine rings is 2. The van der Waals surface area contributed by atoms with Crippen molar-refractivity contribution in [1.82, 2.24) is 10.2 Å². The Labute approximate surface area is 252 Å². The molecular weight excluding hydrogens is 571 g/mol. The Morgan fingerprint density at radius 1 is 1.00 bits per heavy atom. The molecule has 2 N–H and O–H groups in total. The van der Waals surface area contributed by atoms with Gasteiger partial charge >= 0.3 is 0 Å². The number of nitrogens with one attached hydrogen (secondary N) is 1. The Balaban J connectivity index is 1.04. The Morgan fingerprint density at radius 2 is 1.77 bits per heavy atom. The Hall–Kier alpha value is -4.40. The fourth-order valence-electron chi connectivity index (χ4n) is 5.77. The van der Waals surface area contributed by atoms with E-state index in [0.29, 0.717) is 16.5 Å². The van der Waals surface area contributed by atoms with Crippen LogP contribution in [0.4, 0.5) is 10.1 Å². The van der Waals surface area contributed by atoms with Crippen LogP contribution >= 0.6 is 11.8 Å². The minimum atomic E-state index is -0.985. The highest BCUT2D eigenvalue weighted by Gasteiger charge is 2.46. The number of aliphatic hydroxyl groups is 1. The number of hydrogen-bond acceptors (Lipinski definition) is 8. The van der Waals surface area contributed by atoms with Crippen molar-refractivity contribution in [2.75, 3.05) is 18.0 Å². The number of carbonyl (C=O) groups excluding carboxylic acids is 3. The van der Waals surface area contributed by atoms with Gasteiger partial charge in [-0.15, -0.1) is 11.8 Å². The third kappa shape index (κ3) is 5.81. The lowest BCUT2D eigenvalue weighted by Gasteiger charge is -2.33. The van der Waals surface area contributed by atoms with Crippen molar-refractivity contribution in [1.29, 1.82) is 5.26 Å². The molecule has 2 unspecified atom stereocenters. The summed E-state index contributed by atoms with van der Waals surface area (Å²) in [6.07, 6.45) is 1.26. The van der Waals surface area contributed by atoms with Gasteiger partial charge in [0.2, 0.25) is 5.91 Å². The van der Waals surface area contributed by atoms with E-state index in [1.54, 1.807) is 42.1 Å². The van der Waals surface area contributed by atoms with Gasteiger partial charge in [0.15, 0.2) is 0 Å². The highest BCUT2D eigenvalue weighted by atomic mass is 32.2. The Morgan fingerprint density at radius 3 is 2.47 bits per heavy atom. The van der Waals surface area contributed by atoms with Crippen LogP contribution in [0.1, 0.15) is 57.5 Å². The van der Waals surface area contributed by atoms with E-state index in [1.807, 2.05) is 35.2 Å². The predicted molar refractivity (Wildman–Crippen MR) is 157 cm³/mol. The highest BCUT2D eigenvalue weighted by molar-refractivity contribution is 8.00. The number of halogens is 1.